The van der Waals surface area contributed by atoms with Crippen LogP contribution in [0.1, 0.15) is 25.8 Å². The van der Waals surface area contributed by atoms with Gasteiger partial charge in [0.15, 0.2) is 0 Å². The summed E-state index contributed by atoms with van der Waals surface area (Å²) < 4.78 is 10.2. The fourth-order valence-electron chi connectivity index (χ4n) is 3.18. The molecule has 0 radical (unpaired) electrons. The lowest BCUT2D eigenvalue weighted by atomic mass is 10.0. The smallest absolute Gasteiger partial charge is 0.320 e. The number of rotatable bonds is 14. The number of nitrogens with zero attached hydrogens (tertiary/aromatic N) is 1. The lowest BCUT2D eigenvalue weighted by Gasteiger charge is -2.21. The molecule has 13 heteroatoms. The molecule has 0 bridgehead atoms. The maximum absolute atomic E-state index is 12.6. The Morgan fingerprint density at radius 2 is 1.62 bits per heavy atom. The highest BCUT2D eigenvalue weighted by Crippen LogP contribution is 2.11. The van der Waals surface area contributed by atoms with Gasteiger partial charge in [0, 0.05) is 24.3 Å². The van der Waals surface area contributed by atoms with E-state index in [-0.39, 0.29) is 45.2 Å². The minimum absolute atomic E-state index is 0.0244. The van der Waals surface area contributed by atoms with Crippen molar-refractivity contribution in [3.05, 3.63) is 42.0 Å². The van der Waals surface area contributed by atoms with Crippen LogP contribution in [0.15, 0.2) is 36.4 Å². The third kappa shape index (κ3) is 10.5. The van der Waals surface area contributed by atoms with Crippen LogP contribution in [0, 0.1) is 5.92 Å². The third-order valence-corrected chi connectivity index (χ3v) is 5.31. The summed E-state index contributed by atoms with van der Waals surface area (Å²) in [6.07, 6.45) is 2.34. The molecule has 37 heavy (non-hydrogen) atoms. The zero-order valence-corrected chi connectivity index (χ0v) is 21.8. The van der Waals surface area contributed by atoms with Crippen molar-refractivity contribution in [2.24, 2.45) is 5.92 Å². The van der Waals surface area contributed by atoms with Crippen LogP contribution in [0.2, 0.25) is 0 Å². The van der Waals surface area contributed by atoms with Crippen molar-refractivity contribution in [2.75, 3.05) is 31.6 Å². The van der Waals surface area contributed by atoms with E-state index >= 15 is 0 Å². The average Bonchev–Trinajstić information content (AvgIpc) is 3.17. The predicted molar refractivity (Wildman–Crippen MR) is 136 cm³/mol. The van der Waals surface area contributed by atoms with Gasteiger partial charge in [-0.25, -0.2) is 4.79 Å². The number of carbonyl (C=O) groups is 6. The van der Waals surface area contributed by atoms with Gasteiger partial charge in [-0.05, 0) is 32.9 Å². The van der Waals surface area contributed by atoms with Crippen molar-refractivity contribution in [3.8, 4) is 0 Å². The van der Waals surface area contributed by atoms with E-state index in [9.17, 15) is 28.8 Å². The van der Waals surface area contributed by atoms with E-state index in [0.717, 1.165) is 10.5 Å². The topological polar surface area (TPSA) is 160 Å². The highest BCUT2D eigenvalue weighted by Gasteiger charge is 2.25. The summed E-state index contributed by atoms with van der Waals surface area (Å²) in [5.74, 6) is -2.42. The van der Waals surface area contributed by atoms with Crippen molar-refractivity contribution in [3.63, 3.8) is 0 Å². The van der Waals surface area contributed by atoms with Gasteiger partial charge in [0.25, 0.3) is 11.8 Å². The molecule has 12 nitrogen and oxygen atoms in total. The van der Waals surface area contributed by atoms with E-state index in [1.54, 1.807) is 38.1 Å². The average molecular weight is 535 g/mol. The first-order chi connectivity index (χ1) is 17.6. The monoisotopic (exact) mass is 534 g/mol. The molecule has 2 unspecified atom stereocenters. The van der Waals surface area contributed by atoms with Crippen molar-refractivity contribution in [1.29, 1.82) is 0 Å². The minimum atomic E-state index is -0.857. The van der Waals surface area contributed by atoms with Gasteiger partial charge in [0.2, 0.25) is 17.7 Å². The molecule has 0 saturated heterocycles. The fraction of sp³-hybridized carbons (Fsp3) is 0.417. The summed E-state index contributed by atoms with van der Waals surface area (Å²) in [5.41, 5.74) is 0.779. The Labute approximate surface area is 216 Å². The second-order valence-corrected chi connectivity index (χ2v) is 8.86. The first-order valence-electron chi connectivity index (χ1n) is 11.6. The Kier molecular flexibility index (Phi) is 11.9. The maximum atomic E-state index is 12.6. The number of amides is 5. The maximum Gasteiger partial charge on any atom is 0.320 e. The van der Waals surface area contributed by atoms with Crippen molar-refractivity contribution in [1.82, 2.24) is 15.5 Å². The second-order valence-electron chi connectivity index (χ2n) is 8.38. The van der Waals surface area contributed by atoms with Gasteiger partial charge in [-0.1, -0.05) is 26.0 Å². The number of benzene rings is 1. The summed E-state index contributed by atoms with van der Waals surface area (Å²) in [6.45, 7) is 3.55. The van der Waals surface area contributed by atoms with Gasteiger partial charge >= 0.3 is 5.71 Å². The first kappa shape index (κ1) is 29.6. The standard InChI is InChI=1S/C24H31N4O8P/c1-15(2)22(27-18(29)9-11-35-12-10-28-20(31)7-8-21(28)32)23(33)25-13-19(30)26-17-5-3-16(4-6-17)14-36-24(34)37/h3-8,15,22H,9-14,37H2,1-2H3,(H,25,33)(H,26,30)(H,27,29). The molecule has 1 aromatic rings. The highest BCUT2D eigenvalue weighted by molar-refractivity contribution is 7.39. The van der Waals surface area contributed by atoms with Crippen molar-refractivity contribution < 1.29 is 38.2 Å². The molecule has 1 aliphatic rings. The van der Waals surface area contributed by atoms with Gasteiger partial charge in [0.1, 0.15) is 12.6 Å². The summed E-state index contributed by atoms with van der Waals surface area (Å²) in [5, 5.41) is 7.80. The Hall–Kier alpha value is -3.63. The molecule has 5 amide bonds. The molecule has 0 fully saturated rings. The Morgan fingerprint density at radius 1 is 0.973 bits per heavy atom. The molecule has 200 valence electrons. The fourth-order valence-corrected chi connectivity index (χ4v) is 3.26. The van der Waals surface area contributed by atoms with Crippen molar-refractivity contribution in [2.45, 2.75) is 32.9 Å². The molecule has 2 atom stereocenters. The minimum Gasteiger partial charge on any atom is -0.458 e. The molecular formula is C24H31N4O8P. The number of nitrogens with one attached hydrogen (secondary N) is 3. The van der Waals surface area contributed by atoms with E-state index in [4.69, 9.17) is 9.47 Å². The number of carbonyl (C=O) groups excluding carboxylic acids is 6. The normalized spacial score (nSPS) is 13.5. The van der Waals surface area contributed by atoms with Crippen LogP contribution in [-0.2, 0) is 40.1 Å². The highest BCUT2D eigenvalue weighted by atomic mass is 31.0. The molecule has 1 aliphatic heterocycles. The molecular weight excluding hydrogens is 503 g/mol. The molecule has 2 rings (SSSR count). The van der Waals surface area contributed by atoms with Crippen LogP contribution in [-0.4, -0.2) is 72.5 Å². The van der Waals surface area contributed by atoms with Crippen LogP contribution in [0.25, 0.3) is 0 Å². The van der Waals surface area contributed by atoms with Gasteiger partial charge < -0.3 is 25.4 Å². The third-order valence-electron chi connectivity index (χ3n) is 5.14. The molecule has 0 saturated carbocycles. The number of hydrogen-bond acceptors (Lipinski definition) is 8. The summed E-state index contributed by atoms with van der Waals surface area (Å²) in [4.78, 5) is 71.9. The van der Waals surface area contributed by atoms with Crippen LogP contribution < -0.4 is 16.0 Å². The zero-order valence-electron chi connectivity index (χ0n) is 20.7. The van der Waals surface area contributed by atoms with Crippen LogP contribution in [0.3, 0.4) is 0 Å². The quantitative estimate of drug-likeness (QED) is 0.179. The van der Waals surface area contributed by atoms with Gasteiger partial charge in [-0.2, -0.15) is 0 Å². The second kappa shape index (κ2) is 14.8. The Morgan fingerprint density at radius 3 is 2.22 bits per heavy atom. The zero-order chi connectivity index (χ0) is 27.4. The molecule has 1 aromatic carbocycles. The van der Waals surface area contributed by atoms with Crippen LogP contribution in [0.4, 0.5) is 10.5 Å². The first-order valence-corrected chi connectivity index (χ1v) is 12.1. The molecule has 3 N–H and O–H groups in total. The van der Waals surface area contributed by atoms with E-state index in [1.165, 1.54) is 12.2 Å². The largest absolute Gasteiger partial charge is 0.458 e. The number of hydrogen-bond donors (Lipinski definition) is 3. The Balaban J connectivity index is 1.69. The number of anilines is 1. The molecule has 0 aliphatic carbocycles. The molecule has 0 aromatic heterocycles. The number of imide groups is 1. The summed E-state index contributed by atoms with van der Waals surface area (Å²) >= 11 is 0. The summed E-state index contributed by atoms with van der Waals surface area (Å²) in [7, 11) is 1.92. The van der Waals surface area contributed by atoms with Crippen LogP contribution in [0.5, 0.6) is 0 Å². The van der Waals surface area contributed by atoms with E-state index in [1.807, 2.05) is 9.24 Å². The predicted octanol–water partition coefficient (Wildman–Crippen LogP) is 0.726. The van der Waals surface area contributed by atoms with Gasteiger partial charge in [-0.15, -0.1) is 0 Å². The Bertz CT molecular complexity index is 1020. The van der Waals surface area contributed by atoms with Gasteiger partial charge in [-0.3, -0.25) is 28.9 Å². The molecule has 0 spiro atoms. The van der Waals surface area contributed by atoms with E-state index in [0.29, 0.717) is 5.69 Å². The van der Waals surface area contributed by atoms with Crippen LogP contribution >= 0.6 is 9.24 Å². The lowest BCUT2D eigenvalue weighted by molar-refractivity contribution is -0.138. The number of ether oxygens (including phenoxy) is 2. The van der Waals surface area contributed by atoms with Gasteiger partial charge in [0.05, 0.1) is 26.3 Å². The van der Waals surface area contributed by atoms with E-state index in [2.05, 4.69) is 16.0 Å². The lowest BCUT2D eigenvalue weighted by Crippen LogP contribution is -2.51. The summed E-state index contributed by atoms with van der Waals surface area (Å²) in [6, 6.07) is 5.81. The molecule has 1 heterocycles. The SMILES string of the molecule is CC(C)C(NC(=O)CCOCCN1C(=O)C=CC1=O)C(=O)NCC(=O)Nc1ccc(COC(=O)P)cc1. The van der Waals surface area contributed by atoms with E-state index < -0.39 is 41.3 Å². The van der Waals surface area contributed by atoms with Crippen molar-refractivity contribution >= 4 is 50.2 Å².